The Labute approximate surface area is 157 Å². The molecule has 0 spiro atoms. The fourth-order valence-electron chi connectivity index (χ4n) is 2.22. The van der Waals surface area contributed by atoms with Crippen molar-refractivity contribution in [3.63, 3.8) is 0 Å². The lowest BCUT2D eigenvalue weighted by Crippen LogP contribution is -2.22. The number of anilines is 2. The number of benzene rings is 2. The summed E-state index contributed by atoms with van der Waals surface area (Å²) >= 11 is 5.90. The van der Waals surface area contributed by atoms with Gasteiger partial charge in [0.2, 0.25) is 5.91 Å². The molecule has 2 aromatic rings. The largest absolute Gasteiger partial charge is 0.489 e. The molecule has 0 radical (unpaired) electrons. The molecule has 0 unspecified atom stereocenters. The van der Waals surface area contributed by atoms with Gasteiger partial charge in [0.25, 0.3) is 0 Å². The molecule has 0 fully saturated rings. The van der Waals surface area contributed by atoms with Crippen molar-refractivity contribution in [2.75, 3.05) is 24.3 Å². The van der Waals surface area contributed by atoms with Crippen molar-refractivity contribution in [2.45, 2.75) is 20.0 Å². The lowest BCUT2D eigenvalue weighted by molar-refractivity contribution is -0.114. The molecule has 6 nitrogen and oxygen atoms in total. The summed E-state index contributed by atoms with van der Waals surface area (Å²) in [6.07, 6.45) is -0.0557. The van der Waals surface area contributed by atoms with Crippen LogP contribution >= 0.6 is 11.6 Å². The van der Waals surface area contributed by atoms with Crippen LogP contribution in [0.5, 0.6) is 5.75 Å². The topological polar surface area (TPSA) is 76.7 Å². The van der Waals surface area contributed by atoms with E-state index < -0.39 is 5.97 Å². The van der Waals surface area contributed by atoms with Crippen LogP contribution in [0.1, 0.15) is 24.2 Å². The molecular formula is C19H21ClN2O4. The van der Waals surface area contributed by atoms with Crippen molar-refractivity contribution in [2.24, 2.45) is 0 Å². The van der Waals surface area contributed by atoms with E-state index in [1.807, 2.05) is 13.8 Å². The first-order chi connectivity index (χ1) is 12.4. The second kappa shape index (κ2) is 9.10. The summed E-state index contributed by atoms with van der Waals surface area (Å²) in [5, 5.41) is 6.27. The summed E-state index contributed by atoms with van der Waals surface area (Å²) < 4.78 is 10.4. The normalized spacial score (nSPS) is 10.3. The molecule has 2 N–H and O–H groups in total. The summed E-state index contributed by atoms with van der Waals surface area (Å²) in [4.78, 5) is 23.9. The number of methoxy groups -OCH3 is 1. The van der Waals surface area contributed by atoms with E-state index in [1.54, 1.807) is 42.5 Å². The minimum absolute atomic E-state index is 0.00834. The van der Waals surface area contributed by atoms with E-state index in [1.165, 1.54) is 7.11 Å². The van der Waals surface area contributed by atoms with Gasteiger partial charge in [-0.3, -0.25) is 4.79 Å². The zero-order valence-electron chi connectivity index (χ0n) is 14.8. The van der Waals surface area contributed by atoms with Crippen molar-refractivity contribution < 1.29 is 19.1 Å². The maximum absolute atomic E-state index is 12.2. The number of rotatable bonds is 7. The van der Waals surface area contributed by atoms with Crippen molar-refractivity contribution in [1.82, 2.24) is 0 Å². The van der Waals surface area contributed by atoms with E-state index >= 15 is 0 Å². The van der Waals surface area contributed by atoms with Gasteiger partial charge < -0.3 is 20.1 Å². The van der Waals surface area contributed by atoms with Crippen molar-refractivity contribution >= 4 is 34.9 Å². The zero-order valence-corrected chi connectivity index (χ0v) is 15.6. The second-order valence-electron chi connectivity index (χ2n) is 5.78. The third-order valence-electron chi connectivity index (χ3n) is 3.31. The fraction of sp³-hybridized carbons (Fsp3) is 0.263. The average molecular weight is 377 g/mol. The van der Waals surface area contributed by atoms with Gasteiger partial charge in [0, 0.05) is 10.7 Å². The lowest BCUT2D eigenvalue weighted by atomic mass is 10.2. The van der Waals surface area contributed by atoms with Crippen LogP contribution in [0.2, 0.25) is 5.02 Å². The number of nitrogens with one attached hydrogen (secondary N) is 2. The van der Waals surface area contributed by atoms with Gasteiger partial charge in [-0.05, 0) is 50.2 Å². The van der Waals surface area contributed by atoms with E-state index in [-0.39, 0.29) is 18.6 Å². The Hall–Kier alpha value is -2.73. The van der Waals surface area contributed by atoms with Gasteiger partial charge in [-0.1, -0.05) is 17.7 Å². The molecule has 7 heteroatoms. The molecule has 26 heavy (non-hydrogen) atoms. The van der Waals surface area contributed by atoms with Crippen LogP contribution in [0.4, 0.5) is 11.4 Å². The number of hydrogen-bond donors (Lipinski definition) is 2. The fourth-order valence-corrected chi connectivity index (χ4v) is 2.41. The third kappa shape index (κ3) is 5.67. The molecular weight excluding hydrogens is 356 g/mol. The van der Waals surface area contributed by atoms with Crippen LogP contribution < -0.4 is 15.4 Å². The molecule has 0 heterocycles. The molecule has 1 amide bonds. The van der Waals surface area contributed by atoms with E-state index in [0.29, 0.717) is 27.7 Å². The number of carbonyl (C=O) groups excluding carboxylic acids is 2. The van der Waals surface area contributed by atoms with Gasteiger partial charge in [-0.15, -0.1) is 0 Å². The smallest absolute Gasteiger partial charge is 0.337 e. The molecule has 0 saturated carbocycles. The van der Waals surface area contributed by atoms with Crippen molar-refractivity contribution in [3.05, 3.63) is 53.1 Å². The maximum atomic E-state index is 12.2. The second-order valence-corrected chi connectivity index (χ2v) is 6.22. The highest BCUT2D eigenvalue weighted by atomic mass is 35.5. The Morgan fingerprint density at radius 1 is 1.15 bits per heavy atom. The standard InChI is InChI=1S/C19H21ClN2O4/c1-12(2)26-17-8-7-13(19(24)25-3)9-16(17)21-11-18(23)22-15-6-4-5-14(20)10-15/h4-10,12,21H,11H2,1-3H3,(H,22,23). The highest BCUT2D eigenvalue weighted by Crippen LogP contribution is 2.27. The predicted molar refractivity (Wildman–Crippen MR) is 102 cm³/mol. The average Bonchev–Trinajstić information content (AvgIpc) is 2.59. The summed E-state index contributed by atoms with van der Waals surface area (Å²) in [5.74, 6) is -0.179. The van der Waals surface area contributed by atoms with E-state index in [0.717, 1.165) is 0 Å². The predicted octanol–water partition coefficient (Wildman–Crippen LogP) is 3.96. The summed E-state index contributed by atoms with van der Waals surface area (Å²) in [7, 11) is 1.31. The number of halogens is 1. The lowest BCUT2D eigenvalue weighted by Gasteiger charge is -2.16. The highest BCUT2D eigenvalue weighted by molar-refractivity contribution is 6.30. The van der Waals surface area contributed by atoms with E-state index in [2.05, 4.69) is 10.6 Å². The van der Waals surface area contributed by atoms with Crippen molar-refractivity contribution in [3.8, 4) is 5.75 Å². The Bertz CT molecular complexity index is 793. The maximum Gasteiger partial charge on any atom is 0.337 e. The quantitative estimate of drug-likeness (QED) is 0.715. The molecule has 0 aliphatic carbocycles. The van der Waals surface area contributed by atoms with Gasteiger partial charge in [0.05, 0.1) is 31.0 Å². The van der Waals surface area contributed by atoms with E-state index in [9.17, 15) is 9.59 Å². The van der Waals surface area contributed by atoms with Gasteiger partial charge >= 0.3 is 5.97 Å². The Kier molecular flexibility index (Phi) is 6.86. The Balaban J connectivity index is 2.10. The van der Waals surface area contributed by atoms with Gasteiger partial charge in [-0.25, -0.2) is 4.79 Å². The molecule has 0 atom stereocenters. The number of carbonyl (C=O) groups is 2. The third-order valence-corrected chi connectivity index (χ3v) is 3.55. The highest BCUT2D eigenvalue weighted by Gasteiger charge is 2.13. The first kappa shape index (κ1) is 19.6. The summed E-state index contributed by atoms with van der Waals surface area (Å²) in [6, 6.07) is 11.8. The molecule has 0 aliphatic heterocycles. The SMILES string of the molecule is COC(=O)c1ccc(OC(C)C)c(NCC(=O)Nc2cccc(Cl)c2)c1. The van der Waals surface area contributed by atoms with Gasteiger partial charge in [-0.2, -0.15) is 0 Å². The van der Waals surface area contributed by atoms with E-state index in [4.69, 9.17) is 21.1 Å². The molecule has 0 aromatic heterocycles. The molecule has 0 bridgehead atoms. The Morgan fingerprint density at radius 2 is 1.92 bits per heavy atom. The van der Waals surface area contributed by atoms with Gasteiger partial charge in [0.1, 0.15) is 5.75 Å². The first-order valence-corrected chi connectivity index (χ1v) is 8.45. The monoisotopic (exact) mass is 376 g/mol. The molecule has 138 valence electrons. The Morgan fingerprint density at radius 3 is 2.58 bits per heavy atom. The van der Waals surface area contributed by atoms with Crippen molar-refractivity contribution in [1.29, 1.82) is 0 Å². The van der Waals surface area contributed by atoms with Crippen LogP contribution in [0.25, 0.3) is 0 Å². The van der Waals surface area contributed by atoms with Crippen LogP contribution in [0.15, 0.2) is 42.5 Å². The minimum Gasteiger partial charge on any atom is -0.489 e. The van der Waals surface area contributed by atoms with Crippen LogP contribution in [0.3, 0.4) is 0 Å². The van der Waals surface area contributed by atoms with Crippen LogP contribution in [-0.4, -0.2) is 31.6 Å². The minimum atomic E-state index is -0.465. The molecule has 0 aliphatic rings. The molecule has 2 rings (SSSR count). The number of esters is 1. The molecule has 0 saturated heterocycles. The number of ether oxygens (including phenoxy) is 2. The zero-order chi connectivity index (χ0) is 19.1. The van der Waals surface area contributed by atoms with Crippen LogP contribution in [0, 0.1) is 0 Å². The number of hydrogen-bond acceptors (Lipinski definition) is 5. The summed E-state index contributed by atoms with van der Waals surface area (Å²) in [5.41, 5.74) is 1.50. The first-order valence-electron chi connectivity index (χ1n) is 8.07. The molecule has 2 aromatic carbocycles. The van der Waals surface area contributed by atoms with Crippen LogP contribution in [-0.2, 0) is 9.53 Å². The van der Waals surface area contributed by atoms with Gasteiger partial charge in [0.15, 0.2) is 0 Å². The number of amides is 1. The summed E-state index contributed by atoms with van der Waals surface area (Å²) in [6.45, 7) is 3.78.